The molecule has 7 nitrogen and oxygen atoms in total. The molecular weight excluding hydrogens is 435 g/mol. The third-order valence-corrected chi connectivity index (χ3v) is 7.21. The van der Waals surface area contributed by atoms with Gasteiger partial charge in [0, 0.05) is 57.1 Å². The Bertz CT molecular complexity index is 1080. The number of likely N-dealkylation sites (tertiary alicyclic amines) is 1. The van der Waals surface area contributed by atoms with Gasteiger partial charge >= 0.3 is 6.18 Å². The summed E-state index contributed by atoms with van der Waals surface area (Å²) in [6.07, 6.45) is -3.33. The van der Waals surface area contributed by atoms with E-state index < -0.39 is 17.3 Å². The summed E-state index contributed by atoms with van der Waals surface area (Å²) < 4.78 is 41.9. The van der Waals surface area contributed by atoms with E-state index in [1.54, 1.807) is 28.8 Å². The lowest BCUT2D eigenvalue weighted by Gasteiger charge is -2.42. The predicted molar refractivity (Wildman–Crippen MR) is 114 cm³/mol. The number of piperidine rings is 1. The summed E-state index contributed by atoms with van der Waals surface area (Å²) in [7, 11) is 1.78. The number of aliphatic hydroxyl groups excluding tert-OH is 1. The first-order valence-electron chi connectivity index (χ1n) is 10.8. The molecule has 1 amide bonds. The lowest BCUT2D eigenvalue weighted by atomic mass is 9.71. The first-order valence-corrected chi connectivity index (χ1v) is 10.8. The number of rotatable bonds is 3. The number of halogens is 3. The molecule has 1 N–H and O–H groups in total. The molecule has 2 aromatic rings. The molecule has 1 aromatic heterocycles. The Kier molecular flexibility index (Phi) is 5.86. The predicted octanol–water partition coefficient (Wildman–Crippen LogP) is 2.97. The van der Waals surface area contributed by atoms with Crippen LogP contribution in [0.1, 0.15) is 40.2 Å². The highest BCUT2D eigenvalue weighted by Gasteiger charge is 2.48. The van der Waals surface area contributed by atoms with E-state index in [1.807, 2.05) is 11.8 Å². The topological polar surface area (TPSA) is 85.4 Å². The summed E-state index contributed by atoms with van der Waals surface area (Å²) in [5, 5.41) is 23.4. The van der Waals surface area contributed by atoms with E-state index in [-0.39, 0.29) is 23.8 Å². The number of carbonyl (C=O) groups is 1. The Morgan fingerprint density at radius 2 is 2.00 bits per heavy atom. The molecule has 1 aromatic carbocycles. The van der Waals surface area contributed by atoms with Crippen molar-refractivity contribution in [2.75, 3.05) is 37.7 Å². The highest BCUT2D eigenvalue weighted by molar-refractivity contribution is 5.92. The molecule has 10 heteroatoms. The Balaban J connectivity index is 1.51. The molecule has 0 saturated carbocycles. The van der Waals surface area contributed by atoms with Gasteiger partial charge in [0.25, 0.3) is 5.91 Å². The SMILES string of the molecule is Cc1cc(C(=O)N2CCC3(CC2)CN(c2ccc(C#N)c(C(F)(F)F)c2)CC3CO)nn1C. The lowest BCUT2D eigenvalue weighted by Crippen LogP contribution is -2.47. The molecule has 1 atom stereocenters. The molecule has 2 fully saturated rings. The molecule has 2 saturated heterocycles. The largest absolute Gasteiger partial charge is 0.417 e. The fraction of sp³-hybridized carbons (Fsp3) is 0.522. The molecule has 4 rings (SSSR count). The first-order chi connectivity index (χ1) is 15.6. The van der Waals surface area contributed by atoms with Gasteiger partial charge in [-0.05, 0) is 49.4 Å². The maximum atomic E-state index is 13.4. The van der Waals surface area contributed by atoms with Crippen molar-refractivity contribution in [2.45, 2.75) is 25.9 Å². The highest BCUT2D eigenvalue weighted by atomic mass is 19.4. The number of alkyl halides is 3. The molecule has 1 unspecified atom stereocenters. The van der Waals surface area contributed by atoms with Gasteiger partial charge in [0.2, 0.25) is 0 Å². The minimum Gasteiger partial charge on any atom is -0.396 e. The standard InChI is InChI=1S/C23H26F3N5O2/c1-15-9-20(28-29(15)2)21(33)30-7-5-22(6-8-30)14-31(12-17(22)13-32)18-4-3-16(11-27)19(10-18)23(24,25)26/h3-4,9-10,17,32H,5-8,12-14H2,1-2H3. The Labute approximate surface area is 190 Å². The second-order valence-electron chi connectivity index (χ2n) is 9.05. The zero-order valence-electron chi connectivity index (χ0n) is 18.6. The van der Waals surface area contributed by atoms with Gasteiger partial charge in [-0.2, -0.15) is 23.5 Å². The molecule has 1 spiro atoms. The highest BCUT2D eigenvalue weighted by Crippen LogP contribution is 2.46. The average molecular weight is 461 g/mol. The van der Waals surface area contributed by atoms with Crippen LogP contribution in [0.5, 0.6) is 0 Å². The monoisotopic (exact) mass is 461 g/mol. The second-order valence-corrected chi connectivity index (χ2v) is 9.05. The minimum atomic E-state index is -4.62. The number of aryl methyl sites for hydroxylation is 2. The maximum absolute atomic E-state index is 13.4. The fourth-order valence-corrected chi connectivity index (χ4v) is 5.09. The fourth-order valence-electron chi connectivity index (χ4n) is 5.09. The van der Waals surface area contributed by atoms with Crippen molar-refractivity contribution in [1.29, 1.82) is 5.26 Å². The van der Waals surface area contributed by atoms with E-state index in [0.29, 0.717) is 50.4 Å². The number of anilines is 1. The third-order valence-electron chi connectivity index (χ3n) is 7.21. The number of aliphatic hydroxyl groups is 1. The van der Waals surface area contributed by atoms with Crippen molar-refractivity contribution in [3.8, 4) is 6.07 Å². The summed E-state index contributed by atoms with van der Waals surface area (Å²) in [6, 6.07) is 7.12. The number of hydrogen-bond donors (Lipinski definition) is 1. The van der Waals surface area contributed by atoms with E-state index in [4.69, 9.17) is 5.26 Å². The van der Waals surface area contributed by atoms with E-state index in [0.717, 1.165) is 11.8 Å². The Morgan fingerprint density at radius 3 is 2.55 bits per heavy atom. The molecule has 2 aliphatic heterocycles. The number of hydrogen-bond acceptors (Lipinski definition) is 5. The summed E-state index contributed by atoms with van der Waals surface area (Å²) in [5.41, 5.74) is 0.0246. The summed E-state index contributed by atoms with van der Waals surface area (Å²) in [5.74, 6) is -0.248. The minimum absolute atomic E-state index is 0.0771. The number of aromatic nitrogens is 2. The van der Waals surface area contributed by atoms with Crippen LogP contribution in [0, 0.1) is 29.6 Å². The van der Waals surface area contributed by atoms with Gasteiger partial charge in [0.1, 0.15) is 0 Å². The van der Waals surface area contributed by atoms with Crippen LogP contribution in [0.3, 0.4) is 0 Å². The van der Waals surface area contributed by atoms with Gasteiger partial charge in [-0.25, -0.2) is 0 Å². The van der Waals surface area contributed by atoms with Gasteiger partial charge in [-0.15, -0.1) is 0 Å². The Hall–Kier alpha value is -3.06. The smallest absolute Gasteiger partial charge is 0.396 e. The van der Waals surface area contributed by atoms with Crippen LogP contribution in [0.25, 0.3) is 0 Å². The van der Waals surface area contributed by atoms with Gasteiger partial charge in [-0.3, -0.25) is 9.48 Å². The van der Waals surface area contributed by atoms with Crippen LogP contribution in [0.15, 0.2) is 24.3 Å². The number of amides is 1. The van der Waals surface area contributed by atoms with Crippen molar-refractivity contribution in [1.82, 2.24) is 14.7 Å². The van der Waals surface area contributed by atoms with Gasteiger partial charge in [0.05, 0.1) is 17.2 Å². The van der Waals surface area contributed by atoms with Crippen LogP contribution in [-0.2, 0) is 13.2 Å². The number of carbonyl (C=O) groups excluding carboxylic acids is 1. The van der Waals surface area contributed by atoms with Gasteiger partial charge in [0.15, 0.2) is 5.69 Å². The molecule has 0 radical (unpaired) electrons. The molecular formula is C23H26F3N5O2. The average Bonchev–Trinajstić information content (AvgIpc) is 3.32. The quantitative estimate of drug-likeness (QED) is 0.760. The molecule has 0 aliphatic carbocycles. The lowest BCUT2D eigenvalue weighted by molar-refractivity contribution is -0.137. The second kappa shape index (κ2) is 8.37. The van der Waals surface area contributed by atoms with Crippen LogP contribution in [0.4, 0.5) is 18.9 Å². The summed E-state index contributed by atoms with van der Waals surface area (Å²) in [6.45, 7) is 3.72. The van der Waals surface area contributed by atoms with E-state index >= 15 is 0 Å². The third kappa shape index (κ3) is 4.17. The molecule has 0 bridgehead atoms. The Morgan fingerprint density at radius 1 is 1.30 bits per heavy atom. The number of nitriles is 1. The zero-order valence-corrected chi connectivity index (χ0v) is 18.6. The normalized spacial score (nSPS) is 20.3. The van der Waals surface area contributed by atoms with Crippen molar-refractivity contribution < 1.29 is 23.1 Å². The van der Waals surface area contributed by atoms with Crippen LogP contribution in [-0.4, -0.2) is 58.5 Å². The van der Waals surface area contributed by atoms with E-state index in [9.17, 15) is 23.1 Å². The molecule has 3 heterocycles. The van der Waals surface area contributed by atoms with Crippen molar-refractivity contribution >= 4 is 11.6 Å². The summed E-state index contributed by atoms with van der Waals surface area (Å²) in [4.78, 5) is 16.5. The molecule has 2 aliphatic rings. The zero-order chi connectivity index (χ0) is 24.0. The summed E-state index contributed by atoms with van der Waals surface area (Å²) >= 11 is 0. The van der Waals surface area contributed by atoms with Crippen molar-refractivity contribution in [3.63, 3.8) is 0 Å². The van der Waals surface area contributed by atoms with Gasteiger partial charge in [-0.1, -0.05) is 0 Å². The molecule has 33 heavy (non-hydrogen) atoms. The van der Waals surface area contributed by atoms with E-state index in [2.05, 4.69) is 5.10 Å². The number of nitrogens with zero attached hydrogens (tertiary/aromatic N) is 5. The van der Waals surface area contributed by atoms with Crippen molar-refractivity contribution in [3.05, 3.63) is 46.8 Å². The van der Waals surface area contributed by atoms with Crippen molar-refractivity contribution in [2.24, 2.45) is 18.4 Å². The first kappa shape index (κ1) is 23.1. The molecule has 176 valence electrons. The van der Waals surface area contributed by atoms with E-state index in [1.165, 1.54) is 12.1 Å². The van der Waals surface area contributed by atoms with Crippen LogP contribution in [0.2, 0.25) is 0 Å². The van der Waals surface area contributed by atoms with Crippen LogP contribution < -0.4 is 4.90 Å². The number of benzene rings is 1. The van der Waals surface area contributed by atoms with Gasteiger partial charge < -0.3 is 14.9 Å². The maximum Gasteiger partial charge on any atom is 0.417 e. The van der Waals surface area contributed by atoms with Crippen LogP contribution >= 0.6 is 0 Å².